The van der Waals surface area contributed by atoms with E-state index in [2.05, 4.69) is 73.2 Å². The van der Waals surface area contributed by atoms with Crippen molar-refractivity contribution in [2.45, 2.75) is 65.8 Å². The molecule has 96 valence electrons. The van der Waals surface area contributed by atoms with Crippen molar-refractivity contribution in [1.29, 1.82) is 0 Å². The van der Waals surface area contributed by atoms with Gasteiger partial charge >= 0.3 is 0 Å². The molecular formula is C13H27IOSi. The SMILES string of the molecule is CCCCC(C)(C)[C@H](/C=C/I)O[Si](C)(C)C. The standard InChI is InChI=1S/C13H27IOSi/c1-7-8-10-13(2,3)12(9-11-14)15-16(4,5)6/h9,11-12H,7-8,10H2,1-6H3/b11-9+/t12-/m0/s1. The number of rotatable bonds is 7. The van der Waals surface area contributed by atoms with Crippen LogP contribution in [0.5, 0.6) is 0 Å². The Morgan fingerprint density at radius 1 is 1.31 bits per heavy atom. The van der Waals surface area contributed by atoms with Gasteiger partial charge in [0.2, 0.25) is 0 Å². The van der Waals surface area contributed by atoms with E-state index in [0.29, 0.717) is 0 Å². The van der Waals surface area contributed by atoms with Gasteiger partial charge in [0.15, 0.2) is 8.32 Å². The number of unbranched alkanes of at least 4 members (excludes halogenated alkanes) is 1. The maximum atomic E-state index is 6.29. The number of hydrogen-bond acceptors (Lipinski definition) is 1. The Morgan fingerprint density at radius 2 is 1.88 bits per heavy atom. The zero-order valence-corrected chi connectivity index (χ0v) is 14.8. The maximum Gasteiger partial charge on any atom is 0.184 e. The van der Waals surface area contributed by atoms with Gasteiger partial charge in [-0.3, -0.25) is 0 Å². The van der Waals surface area contributed by atoms with Gasteiger partial charge < -0.3 is 4.43 Å². The fourth-order valence-electron chi connectivity index (χ4n) is 1.68. The summed E-state index contributed by atoms with van der Waals surface area (Å²) in [6.07, 6.45) is 6.27. The van der Waals surface area contributed by atoms with Crippen LogP contribution >= 0.6 is 22.6 Å². The second kappa shape index (κ2) is 7.16. The molecule has 0 aliphatic heterocycles. The van der Waals surface area contributed by atoms with Gasteiger partial charge in [0, 0.05) is 0 Å². The van der Waals surface area contributed by atoms with Crippen molar-refractivity contribution in [3.63, 3.8) is 0 Å². The Bertz CT molecular complexity index is 218. The molecule has 0 bridgehead atoms. The highest BCUT2D eigenvalue weighted by Crippen LogP contribution is 2.32. The largest absolute Gasteiger partial charge is 0.411 e. The van der Waals surface area contributed by atoms with Crippen LogP contribution in [0.25, 0.3) is 0 Å². The van der Waals surface area contributed by atoms with Crippen LogP contribution in [0.15, 0.2) is 10.2 Å². The molecule has 0 saturated carbocycles. The van der Waals surface area contributed by atoms with Crippen LogP contribution in [-0.4, -0.2) is 14.4 Å². The van der Waals surface area contributed by atoms with E-state index in [9.17, 15) is 0 Å². The summed E-state index contributed by atoms with van der Waals surface area (Å²) in [7, 11) is -1.46. The molecule has 0 aliphatic carbocycles. The molecule has 1 atom stereocenters. The Hall–Kier alpha value is 0.647. The summed E-state index contributed by atoms with van der Waals surface area (Å²) < 4.78 is 8.38. The van der Waals surface area contributed by atoms with E-state index in [1.54, 1.807) is 0 Å². The van der Waals surface area contributed by atoms with Crippen molar-refractivity contribution in [2.24, 2.45) is 5.41 Å². The minimum Gasteiger partial charge on any atom is -0.411 e. The minimum atomic E-state index is -1.46. The Morgan fingerprint density at radius 3 is 2.25 bits per heavy atom. The normalized spacial score (nSPS) is 15.7. The lowest BCUT2D eigenvalue weighted by Gasteiger charge is -2.36. The van der Waals surface area contributed by atoms with Gasteiger partial charge in [0.25, 0.3) is 0 Å². The molecule has 0 unspecified atom stereocenters. The van der Waals surface area contributed by atoms with E-state index in [4.69, 9.17) is 4.43 Å². The highest BCUT2D eigenvalue weighted by molar-refractivity contribution is 14.1. The van der Waals surface area contributed by atoms with Crippen molar-refractivity contribution < 1.29 is 4.43 Å². The molecule has 0 amide bonds. The third kappa shape index (κ3) is 7.07. The first-order chi connectivity index (χ1) is 7.23. The first-order valence-electron chi connectivity index (χ1n) is 6.17. The quantitative estimate of drug-likeness (QED) is 0.441. The second-order valence-electron chi connectivity index (χ2n) is 6.06. The zero-order valence-electron chi connectivity index (χ0n) is 11.6. The van der Waals surface area contributed by atoms with Gasteiger partial charge in [0.05, 0.1) is 6.10 Å². The molecule has 0 fully saturated rings. The molecule has 16 heavy (non-hydrogen) atoms. The number of hydrogen-bond donors (Lipinski definition) is 0. The molecule has 3 heteroatoms. The lowest BCUT2D eigenvalue weighted by atomic mass is 9.81. The third-order valence-corrected chi connectivity index (χ3v) is 4.05. The first kappa shape index (κ1) is 16.6. The van der Waals surface area contributed by atoms with E-state index in [0.717, 1.165) is 0 Å². The van der Waals surface area contributed by atoms with Crippen LogP contribution in [0.3, 0.4) is 0 Å². The average Bonchev–Trinajstić information content (AvgIpc) is 2.12. The maximum absolute atomic E-state index is 6.29. The van der Waals surface area contributed by atoms with E-state index in [1.807, 2.05) is 0 Å². The lowest BCUT2D eigenvalue weighted by Crippen LogP contribution is -2.39. The van der Waals surface area contributed by atoms with E-state index in [-0.39, 0.29) is 11.5 Å². The van der Waals surface area contributed by atoms with Crippen LogP contribution in [0, 0.1) is 5.41 Å². The van der Waals surface area contributed by atoms with Gasteiger partial charge in [-0.05, 0) is 35.6 Å². The van der Waals surface area contributed by atoms with Crippen molar-refractivity contribution in [1.82, 2.24) is 0 Å². The smallest absolute Gasteiger partial charge is 0.184 e. The molecule has 0 spiro atoms. The molecule has 0 aromatic rings. The molecule has 0 N–H and O–H groups in total. The second-order valence-corrected chi connectivity index (χ2v) is 11.2. The lowest BCUT2D eigenvalue weighted by molar-refractivity contribution is 0.0969. The van der Waals surface area contributed by atoms with Crippen LogP contribution in [0.4, 0.5) is 0 Å². The van der Waals surface area contributed by atoms with Gasteiger partial charge in [-0.2, -0.15) is 0 Å². The zero-order chi connectivity index (χ0) is 12.8. The average molecular weight is 354 g/mol. The Kier molecular flexibility index (Phi) is 7.45. The van der Waals surface area contributed by atoms with Gasteiger partial charge in [-0.25, -0.2) is 0 Å². The van der Waals surface area contributed by atoms with Crippen molar-refractivity contribution in [3.8, 4) is 0 Å². The Balaban J connectivity index is 4.62. The predicted octanol–water partition coefficient (Wildman–Crippen LogP) is 5.37. The third-order valence-electron chi connectivity index (χ3n) is 2.67. The number of halogens is 1. The van der Waals surface area contributed by atoms with E-state index < -0.39 is 8.32 Å². The summed E-state index contributed by atoms with van der Waals surface area (Å²) in [4.78, 5) is 0. The summed E-state index contributed by atoms with van der Waals surface area (Å²) >= 11 is 2.29. The topological polar surface area (TPSA) is 9.23 Å². The highest BCUT2D eigenvalue weighted by Gasteiger charge is 2.31. The summed E-state index contributed by atoms with van der Waals surface area (Å²) in [6.45, 7) is 13.7. The summed E-state index contributed by atoms with van der Waals surface area (Å²) in [5, 5.41) is 0. The summed E-state index contributed by atoms with van der Waals surface area (Å²) in [5.74, 6) is 0. The molecular weight excluding hydrogens is 327 g/mol. The molecule has 0 aromatic carbocycles. The van der Waals surface area contributed by atoms with Gasteiger partial charge in [-0.1, -0.05) is 62.3 Å². The van der Waals surface area contributed by atoms with Crippen LogP contribution < -0.4 is 0 Å². The molecule has 0 saturated heterocycles. The van der Waals surface area contributed by atoms with Crippen LogP contribution in [-0.2, 0) is 4.43 Å². The van der Waals surface area contributed by atoms with Crippen molar-refractivity contribution in [3.05, 3.63) is 10.2 Å². The first-order valence-corrected chi connectivity index (χ1v) is 10.8. The van der Waals surface area contributed by atoms with Gasteiger partial charge in [-0.15, -0.1) is 0 Å². The summed E-state index contributed by atoms with van der Waals surface area (Å²) in [5.41, 5.74) is 0.248. The predicted molar refractivity (Wildman–Crippen MR) is 84.7 cm³/mol. The minimum absolute atomic E-state index is 0.248. The monoisotopic (exact) mass is 354 g/mol. The van der Waals surface area contributed by atoms with Crippen molar-refractivity contribution >= 4 is 30.9 Å². The van der Waals surface area contributed by atoms with Gasteiger partial charge in [0.1, 0.15) is 0 Å². The van der Waals surface area contributed by atoms with E-state index >= 15 is 0 Å². The highest BCUT2D eigenvalue weighted by atomic mass is 127. The van der Waals surface area contributed by atoms with Crippen molar-refractivity contribution in [2.75, 3.05) is 0 Å². The van der Waals surface area contributed by atoms with Crippen LogP contribution in [0.1, 0.15) is 40.0 Å². The molecule has 0 radical (unpaired) electrons. The van der Waals surface area contributed by atoms with Crippen LogP contribution in [0.2, 0.25) is 19.6 Å². The summed E-state index contributed by atoms with van der Waals surface area (Å²) in [6, 6.07) is 0. The molecule has 0 aromatic heterocycles. The molecule has 1 nitrogen and oxygen atoms in total. The van der Waals surface area contributed by atoms with E-state index in [1.165, 1.54) is 19.3 Å². The molecule has 0 rings (SSSR count). The Labute approximate surface area is 116 Å². The fraction of sp³-hybridized carbons (Fsp3) is 0.846. The molecule has 0 aliphatic rings. The fourth-order valence-corrected chi connectivity index (χ4v) is 3.22. The molecule has 0 heterocycles.